The van der Waals surface area contributed by atoms with Gasteiger partial charge in [0.05, 0.1) is 0 Å². The Hall–Kier alpha value is -0.0800. The topological polar surface area (TPSA) is 29.3 Å². The third kappa shape index (κ3) is 3.72. The molecular formula is C17H34N2. The van der Waals surface area contributed by atoms with Gasteiger partial charge in [-0.1, -0.05) is 27.2 Å². The zero-order valence-electron chi connectivity index (χ0n) is 13.4. The Balaban J connectivity index is 1.94. The molecule has 0 aromatic rings. The minimum atomic E-state index is 0.447. The van der Waals surface area contributed by atoms with Gasteiger partial charge in [0.2, 0.25) is 0 Å². The second-order valence-corrected chi connectivity index (χ2v) is 7.52. The molecular weight excluding hydrogens is 232 g/mol. The van der Waals surface area contributed by atoms with Crippen LogP contribution in [0, 0.1) is 23.7 Å². The summed E-state index contributed by atoms with van der Waals surface area (Å²) in [6.45, 7) is 12.1. The molecule has 2 aliphatic rings. The zero-order chi connectivity index (χ0) is 14.0. The van der Waals surface area contributed by atoms with Crippen LogP contribution in [0.15, 0.2) is 0 Å². The summed E-state index contributed by atoms with van der Waals surface area (Å²) in [5.74, 6) is 3.36. The van der Waals surface area contributed by atoms with Crippen LogP contribution in [0.1, 0.15) is 59.8 Å². The van der Waals surface area contributed by atoms with E-state index in [-0.39, 0.29) is 0 Å². The van der Waals surface area contributed by atoms with E-state index in [1.165, 1.54) is 45.2 Å². The highest BCUT2D eigenvalue weighted by Crippen LogP contribution is 2.33. The third-order valence-corrected chi connectivity index (χ3v) is 5.92. The fraction of sp³-hybridized carbons (Fsp3) is 1.00. The zero-order valence-corrected chi connectivity index (χ0v) is 13.4. The number of hydrogen-bond donors (Lipinski definition) is 1. The van der Waals surface area contributed by atoms with Crippen molar-refractivity contribution in [3.63, 3.8) is 0 Å². The summed E-state index contributed by atoms with van der Waals surface area (Å²) < 4.78 is 0. The Bertz CT molecular complexity index is 278. The second-order valence-electron chi connectivity index (χ2n) is 7.52. The van der Waals surface area contributed by atoms with Crippen molar-refractivity contribution in [2.24, 2.45) is 29.4 Å². The quantitative estimate of drug-likeness (QED) is 0.847. The maximum Gasteiger partial charge on any atom is 0.00929 e. The number of piperidine rings is 1. The smallest absolute Gasteiger partial charge is 0.00929 e. The number of rotatable bonds is 3. The van der Waals surface area contributed by atoms with Crippen molar-refractivity contribution in [1.82, 2.24) is 4.90 Å². The molecule has 2 nitrogen and oxygen atoms in total. The van der Waals surface area contributed by atoms with Gasteiger partial charge in [-0.2, -0.15) is 0 Å². The molecule has 1 heterocycles. The molecule has 1 aliphatic heterocycles. The molecule has 1 saturated heterocycles. The van der Waals surface area contributed by atoms with E-state index in [1.54, 1.807) is 0 Å². The second kappa shape index (κ2) is 6.58. The predicted octanol–water partition coefficient (Wildman–Crippen LogP) is 3.51. The summed E-state index contributed by atoms with van der Waals surface area (Å²) in [7, 11) is 0. The van der Waals surface area contributed by atoms with Crippen molar-refractivity contribution in [2.45, 2.75) is 71.9 Å². The van der Waals surface area contributed by atoms with Gasteiger partial charge in [-0.05, 0) is 56.3 Å². The lowest BCUT2D eigenvalue weighted by Gasteiger charge is -2.45. The molecule has 2 N–H and O–H groups in total. The predicted molar refractivity (Wildman–Crippen MR) is 83.1 cm³/mol. The monoisotopic (exact) mass is 266 g/mol. The third-order valence-electron chi connectivity index (χ3n) is 5.92. The summed E-state index contributed by atoms with van der Waals surface area (Å²) in [6.07, 6.45) is 6.70. The van der Waals surface area contributed by atoms with Crippen LogP contribution in [0.4, 0.5) is 0 Å². The van der Waals surface area contributed by atoms with Crippen LogP contribution in [-0.2, 0) is 0 Å². The number of likely N-dealkylation sites (tertiary alicyclic amines) is 1. The summed E-state index contributed by atoms with van der Waals surface area (Å²) >= 11 is 0. The van der Waals surface area contributed by atoms with E-state index in [4.69, 9.17) is 5.73 Å². The van der Waals surface area contributed by atoms with Gasteiger partial charge in [-0.3, -0.25) is 4.90 Å². The van der Waals surface area contributed by atoms with Crippen LogP contribution >= 0.6 is 0 Å². The van der Waals surface area contributed by atoms with Crippen LogP contribution in [0.3, 0.4) is 0 Å². The van der Waals surface area contributed by atoms with E-state index >= 15 is 0 Å². The minimum absolute atomic E-state index is 0.447. The Kier molecular flexibility index (Phi) is 5.30. The van der Waals surface area contributed by atoms with E-state index in [2.05, 4.69) is 32.6 Å². The minimum Gasteiger partial charge on any atom is -0.327 e. The highest BCUT2D eigenvalue weighted by atomic mass is 15.2. The lowest BCUT2D eigenvalue weighted by atomic mass is 9.76. The molecule has 0 aromatic carbocycles. The van der Waals surface area contributed by atoms with Gasteiger partial charge in [0, 0.05) is 25.2 Å². The highest BCUT2D eigenvalue weighted by Gasteiger charge is 2.34. The van der Waals surface area contributed by atoms with Gasteiger partial charge in [0.25, 0.3) is 0 Å². The molecule has 0 aromatic heterocycles. The Labute approximate surface area is 120 Å². The lowest BCUT2D eigenvalue weighted by Crippen LogP contribution is -2.51. The molecule has 1 saturated carbocycles. The number of nitrogens with zero attached hydrogens (tertiary/aromatic N) is 1. The van der Waals surface area contributed by atoms with Crippen LogP contribution in [0.25, 0.3) is 0 Å². The van der Waals surface area contributed by atoms with Crippen molar-refractivity contribution in [3.8, 4) is 0 Å². The SMILES string of the molecule is CCC1CCC(N)C(CN2CC(C)CC(C)C2C)C1. The van der Waals surface area contributed by atoms with Crippen molar-refractivity contribution in [1.29, 1.82) is 0 Å². The molecule has 6 atom stereocenters. The Morgan fingerprint density at radius 2 is 1.84 bits per heavy atom. The molecule has 0 amide bonds. The fourth-order valence-corrected chi connectivity index (χ4v) is 4.34. The van der Waals surface area contributed by atoms with Crippen molar-refractivity contribution < 1.29 is 0 Å². The summed E-state index contributed by atoms with van der Waals surface area (Å²) in [5, 5.41) is 0. The molecule has 19 heavy (non-hydrogen) atoms. The lowest BCUT2D eigenvalue weighted by molar-refractivity contribution is 0.0483. The maximum atomic E-state index is 6.40. The summed E-state index contributed by atoms with van der Waals surface area (Å²) in [5.41, 5.74) is 6.40. The Morgan fingerprint density at radius 1 is 1.11 bits per heavy atom. The van der Waals surface area contributed by atoms with Crippen molar-refractivity contribution in [2.75, 3.05) is 13.1 Å². The van der Waals surface area contributed by atoms with E-state index in [0.29, 0.717) is 6.04 Å². The number of nitrogens with two attached hydrogens (primary N) is 1. The van der Waals surface area contributed by atoms with Crippen LogP contribution in [-0.4, -0.2) is 30.1 Å². The van der Waals surface area contributed by atoms with E-state index in [1.807, 2.05) is 0 Å². The molecule has 1 aliphatic carbocycles. The number of hydrogen-bond acceptors (Lipinski definition) is 2. The molecule has 2 rings (SSSR count). The average molecular weight is 266 g/mol. The Morgan fingerprint density at radius 3 is 2.53 bits per heavy atom. The first kappa shape index (κ1) is 15.3. The molecule has 0 radical (unpaired) electrons. The van der Waals surface area contributed by atoms with Gasteiger partial charge in [-0.25, -0.2) is 0 Å². The molecule has 2 heteroatoms. The van der Waals surface area contributed by atoms with Crippen LogP contribution < -0.4 is 5.73 Å². The van der Waals surface area contributed by atoms with Crippen LogP contribution in [0.2, 0.25) is 0 Å². The van der Waals surface area contributed by atoms with Gasteiger partial charge < -0.3 is 5.73 Å². The van der Waals surface area contributed by atoms with Gasteiger partial charge in [0.1, 0.15) is 0 Å². The highest BCUT2D eigenvalue weighted by molar-refractivity contribution is 4.88. The van der Waals surface area contributed by atoms with E-state index in [0.717, 1.165) is 29.7 Å². The van der Waals surface area contributed by atoms with Gasteiger partial charge >= 0.3 is 0 Å². The first-order valence-corrected chi connectivity index (χ1v) is 8.50. The van der Waals surface area contributed by atoms with Gasteiger partial charge in [-0.15, -0.1) is 0 Å². The normalized spacial score (nSPS) is 45.3. The first-order valence-electron chi connectivity index (χ1n) is 8.50. The van der Waals surface area contributed by atoms with E-state index < -0.39 is 0 Å². The van der Waals surface area contributed by atoms with Crippen LogP contribution in [0.5, 0.6) is 0 Å². The summed E-state index contributed by atoms with van der Waals surface area (Å²) in [4.78, 5) is 2.74. The fourth-order valence-electron chi connectivity index (χ4n) is 4.34. The summed E-state index contributed by atoms with van der Waals surface area (Å²) in [6, 6.07) is 1.19. The molecule has 0 bridgehead atoms. The van der Waals surface area contributed by atoms with Crippen molar-refractivity contribution in [3.05, 3.63) is 0 Å². The van der Waals surface area contributed by atoms with Crippen molar-refractivity contribution >= 4 is 0 Å². The molecule has 6 unspecified atom stereocenters. The average Bonchev–Trinajstić information content (AvgIpc) is 2.38. The largest absolute Gasteiger partial charge is 0.327 e. The molecule has 0 spiro atoms. The first-order chi connectivity index (χ1) is 9.01. The molecule has 112 valence electrons. The maximum absolute atomic E-state index is 6.40. The standard InChI is InChI=1S/C17H34N2/c1-5-15-6-7-17(18)16(9-15)11-19-10-12(2)8-13(3)14(19)4/h12-17H,5-11,18H2,1-4H3. The molecule has 2 fully saturated rings. The van der Waals surface area contributed by atoms with E-state index in [9.17, 15) is 0 Å². The van der Waals surface area contributed by atoms with Gasteiger partial charge in [0.15, 0.2) is 0 Å².